The molecule has 2 heteroatoms. The average molecular weight is 226 g/mol. The van der Waals surface area contributed by atoms with Crippen LogP contribution in [0, 0.1) is 5.92 Å². The van der Waals surface area contributed by atoms with E-state index in [1.54, 1.807) is 0 Å². The van der Waals surface area contributed by atoms with E-state index in [1.165, 1.54) is 44.9 Å². The smallest absolute Gasteiger partial charge is 0.158 e. The molecule has 0 spiro atoms. The van der Waals surface area contributed by atoms with Crippen molar-refractivity contribution in [3.8, 4) is 0 Å². The second-order valence-corrected chi connectivity index (χ2v) is 5.01. The summed E-state index contributed by atoms with van der Waals surface area (Å²) in [6.07, 6.45) is 10.7. The third-order valence-corrected chi connectivity index (χ3v) is 3.40. The summed E-state index contributed by atoms with van der Waals surface area (Å²) >= 11 is 0. The number of ether oxygens (including phenoxy) is 1. The van der Waals surface area contributed by atoms with Gasteiger partial charge in [0.15, 0.2) is 5.78 Å². The average Bonchev–Trinajstić information content (AvgIpc) is 2.77. The van der Waals surface area contributed by atoms with Crippen LogP contribution in [0.15, 0.2) is 0 Å². The standard InChI is InChI=1S/C14H26O2/c1-2-3-4-5-10-14(15)12-16-11-13-8-6-7-9-13/h13H,2-12H2,1H3. The summed E-state index contributed by atoms with van der Waals surface area (Å²) in [5, 5.41) is 0. The van der Waals surface area contributed by atoms with Crippen LogP contribution in [-0.2, 0) is 9.53 Å². The summed E-state index contributed by atoms with van der Waals surface area (Å²) in [5.41, 5.74) is 0. The Morgan fingerprint density at radius 2 is 1.94 bits per heavy atom. The lowest BCUT2D eigenvalue weighted by molar-refractivity contribution is -0.124. The normalized spacial score (nSPS) is 16.8. The van der Waals surface area contributed by atoms with E-state index in [2.05, 4.69) is 6.92 Å². The highest BCUT2D eigenvalue weighted by molar-refractivity contribution is 5.79. The van der Waals surface area contributed by atoms with Crippen molar-refractivity contribution in [1.29, 1.82) is 0 Å². The molecule has 0 aromatic rings. The Morgan fingerprint density at radius 3 is 2.62 bits per heavy atom. The predicted molar refractivity (Wildman–Crippen MR) is 66.5 cm³/mol. The molecule has 0 aliphatic heterocycles. The molecule has 1 fully saturated rings. The van der Waals surface area contributed by atoms with Crippen LogP contribution >= 0.6 is 0 Å². The van der Waals surface area contributed by atoms with E-state index in [-0.39, 0.29) is 5.78 Å². The minimum atomic E-state index is 0.286. The third kappa shape index (κ3) is 6.26. The molecule has 1 rings (SSSR count). The molecular weight excluding hydrogens is 200 g/mol. The van der Waals surface area contributed by atoms with Gasteiger partial charge in [0.25, 0.3) is 0 Å². The Balaban J connectivity index is 1.89. The molecule has 1 aliphatic carbocycles. The van der Waals surface area contributed by atoms with Crippen molar-refractivity contribution in [1.82, 2.24) is 0 Å². The molecule has 16 heavy (non-hydrogen) atoms. The molecule has 0 aromatic heterocycles. The summed E-state index contributed by atoms with van der Waals surface area (Å²) in [7, 11) is 0. The fourth-order valence-electron chi connectivity index (χ4n) is 2.34. The fraction of sp³-hybridized carbons (Fsp3) is 0.929. The number of hydrogen-bond acceptors (Lipinski definition) is 2. The van der Waals surface area contributed by atoms with Crippen LogP contribution in [-0.4, -0.2) is 19.0 Å². The first-order valence-electron chi connectivity index (χ1n) is 6.92. The molecule has 1 saturated carbocycles. The van der Waals surface area contributed by atoms with Crippen LogP contribution < -0.4 is 0 Å². The number of ketones is 1. The first kappa shape index (κ1) is 13.7. The van der Waals surface area contributed by atoms with Crippen molar-refractivity contribution in [3.63, 3.8) is 0 Å². The molecular formula is C14H26O2. The van der Waals surface area contributed by atoms with Crippen molar-refractivity contribution < 1.29 is 9.53 Å². The number of carbonyl (C=O) groups is 1. The van der Waals surface area contributed by atoms with Gasteiger partial charge in [0.2, 0.25) is 0 Å². The third-order valence-electron chi connectivity index (χ3n) is 3.40. The number of hydrogen-bond donors (Lipinski definition) is 0. The van der Waals surface area contributed by atoms with Gasteiger partial charge < -0.3 is 4.74 Å². The minimum Gasteiger partial charge on any atom is -0.373 e. The highest BCUT2D eigenvalue weighted by Gasteiger charge is 2.15. The maximum Gasteiger partial charge on any atom is 0.158 e. The lowest BCUT2D eigenvalue weighted by Gasteiger charge is -2.09. The van der Waals surface area contributed by atoms with Crippen molar-refractivity contribution in [2.75, 3.05) is 13.2 Å². The number of carbonyl (C=O) groups excluding carboxylic acids is 1. The topological polar surface area (TPSA) is 26.3 Å². The molecule has 1 aliphatic rings. The van der Waals surface area contributed by atoms with E-state index in [1.807, 2.05) is 0 Å². The SMILES string of the molecule is CCCCCCC(=O)COCC1CCCC1. The largest absolute Gasteiger partial charge is 0.373 e. The zero-order chi connectivity index (χ0) is 11.6. The Labute approximate surface area is 99.8 Å². The molecule has 0 unspecified atom stereocenters. The number of Topliss-reactive ketones (excluding diaryl/α,β-unsaturated/α-hetero) is 1. The van der Waals surface area contributed by atoms with E-state index < -0.39 is 0 Å². The molecule has 0 radical (unpaired) electrons. The first-order chi connectivity index (χ1) is 7.83. The van der Waals surface area contributed by atoms with E-state index in [9.17, 15) is 4.79 Å². The monoisotopic (exact) mass is 226 g/mol. The summed E-state index contributed by atoms with van der Waals surface area (Å²) in [6.45, 7) is 3.34. The van der Waals surface area contributed by atoms with E-state index in [0.717, 1.165) is 18.9 Å². The van der Waals surface area contributed by atoms with Crippen LogP contribution in [0.25, 0.3) is 0 Å². The lowest BCUT2D eigenvalue weighted by atomic mass is 10.1. The van der Waals surface area contributed by atoms with Gasteiger partial charge in [-0.05, 0) is 25.2 Å². The summed E-state index contributed by atoms with van der Waals surface area (Å²) in [5.74, 6) is 1.02. The molecule has 2 nitrogen and oxygen atoms in total. The van der Waals surface area contributed by atoms with Gasteiger partial charge in [0.05, 0.1) is 0 Å². The van der Waals surface area contributed by atoms with Gasteiger partial charge in [0, 0.05) is 13.0 Å². The summed E-state index contributed by atoms with van der Waals surface area (Å²) < 4.78 is 5.49. The molecule has 94 valence electrons. The zero-order valence-corrected chi connectivity index (χ0v) is 10.7. The highest BCUT2D eigenvalue weighted by atomic mass is 16.5. The minimum absolute atomic E-state index is 0.286. The molecule has 0 aromatic carbocycles. The van der Waals surface area contributed by atoms with Gasteiger partial charge in [-0.25, -0.2) is 0 Å². The second kappa shape index (κ2) is 8.74. The Hall–Kier alpha value is -0.370. The van der Waals surface area contributed by atoms with E-state index in [4.69, 9.17) is 4.74 Å². The van der Waals surface area contributed by atoms with Crippen molar-refractivity contribution in [2.45, 2.75) is 64.7 Å². The summed E-state index contributed by atoms with van der Waals surface area (Å²) in [4.78, 5) is 11.5. The van der Waals surface area contributed by atoms with Crippen molar-refractivity contribution in [3.05, 3.63) is 0 Å². The van der Waals surface area contributed by atoms with Crippen molar-refractivity contribution >= 4 is 5.78 Å². The van der Waals surface area contributed by atoms with Gasteiger partial charge in [-0.1, -0.05) is 39.0 Å². The molecule has 0 N–H and O–H groups in total. The molecule has 0 saturated heterocycles. The predicted octanol–water partition coefficient (Wildman–Crippen LogP) is 3.73. The Bertz CT molecular complexity index is 183. The maximum absolute atomic E-state index is 11.5. The molecule has 0 atom stereocenters. The Kier molecular flexibility index (Phi) is 7.48. The lowest BCUT2D eigenvalue weighted by Crippen LogP contribution is -2.13. The maximum atomic E-state index is 11.5. The van der Waals surface area contributed by atoms with Crippen LogP contribution in [0.3, 0.4) is 0 Å². The van der Waals surface area contributed by atoms with Crippen molar-refractivity contribution in [2.24, 2.45) is 5.92 Å². The van der Waals surface area contributed by atoms with Gasteiger partial charge in [-0.15, -0.1) is 0 Å². The zero-order valence-electron chi connectivity index (χ0n) is 10.7. The molecule has 0 heterocycles. The van der Waals surface area contributed by atoms with E-state index in [0.29, 0.717) is 13.0 Å². The second-order valence-electron chi connectivity index (χ2n) is 5.01. The number of rotatable bonds is 9. The highest BCUT2D eigenvalue weighted by Crippen LogP contribution is 2.24. The van der Waals surface area contributed by atoms with E-state index >= 15 is 0 Å². The number of unbranched alkanes of at least 4 members (excludes halogenated alkanes) is 3. The summed E-state index contributed by atoms with van der Waals surface area (Å²) in [6, 6.07) is 0. The van der Waals surface area contributed by atoms with Gasteiger partial charge in [0.1, 0.15) is 6.61 Å². The van der Waals surface area contributed by atoms with Crippen LogP contribution in [0.4, 0.5) is 0 Å². The molecule has 0 bridgehead atoms. The van der Waals surface area contributed by atoms with Gasteiger partial charge in [-0.3, -0.25) is 4.79 Å². The van der Waals surface area contributed by atoms with Crippen LogP contribution in [0.5, 0.6) is 0 Å². The fourth-order valence-corrected chi connectivity index (χ4v) is 2.34. The Morgan fingerprint density at radius 1 is 1.19 bits per heavy atom. The van der Waals surface area contributed by atoms with Gasteiger partial charge >= 0.3 is 0 Å². The van der Waals surface area contributed by atoms with Crippen LogP contribution in [0.2, 0.25) is 0 Å². The van der Waals surface area contributed by atoms with Gasteiger partial charge in [-0.2, -0.15) is 0 Å². The quantitative estimate of drug-likeness (QED) is 0.560. The first-order valence-corrected chi connectivity index (χ1v) is 6.92. The molecule has 0 amide bonds. The van der Waals surface area contributed by atoms with Crippen LogP contribution in [0.1, 0.15) is 64.7 Å².